The molecule has 1 atom stereocenters. The van der Waals surface area contributed by atoms with Gasteiger partial charge in [-0.05, 0) is 42.7 Å². The molecular formula is C32H47N2+. The van der Waals surface area contributed by atoms with E-state index in [1.807, 2.05) is 0 Å². The molecule has 1 heterocycles. The van der Waals surface area contributed by atoms with Crippen LogP contribution in [0.3, 0.4) is 0 Å². The second kappa shape index (κ2) is 14.8. The summed E-state index contributed by atoms with van der Waals surface area (Å²) in [4.78, 5) is 0. The fourth-order valence-electron chi connectivity index (χ4n) is 5.05. The minimum absolute atomic E-state index is 0.521. The van der Waals surface area contributed by atoms with E-state index in [0.29, 0.717) is 5.92 Å². The largest absolute Gasteiger partial charge is 0.261 e. The average Bonchev–Trinajstić information content (AvgIpc) is 3.18. The summed E-state index contributed by atoms with van der Waals surface area (Å²) in [5.74, 6) is 2.01. The number of hydrogen-bond acceptors (Lipinski definition) is 0. The van der Waals surface area contributed by atoms with Crippen LogP contribution in [-0.4, -0.2) is 4.57 Å². The Morgan fingerprint density at radius 3 is 2.06 bits per heavy atom. The molecular weight excluding hydrogens is 412 g/mol. The highest BCUT2D eigenvalue weighted by molar-refractivity contribution is 5.21. The van der Waals surface area contributed by atoms with Gasteiger partial charge in [0, 0.05) is 6.42 Å². The molecule has 0 aliphatic heterocycles. The summed E-state index contributed by atoms with van der Waals surface area (Å²) < 4.78 is 5.28. The number of imidazole rings is 1. The van der Waals surface area contributed by atoms with Crippen molar-refractivity contribution in [2.45, 2.75) is 110 Å². The van der Waals surface area contributed by atoms with Crippen LogP contribution >= 0.6 is 0 Å². The van der Waals surface area contributed by atoms with Gasteiger partial charge in [0.1, 0.15) is 11.9 Å². The lowest BCUT2D eigenvalue weighted by atomic mass is 9.96. The predicted molar refractivity (Wildman–Crippen MR) is 145 cm³/mol. The van der Waals surface area contributed by atoms with Crippen LogP contribution in [0.2, 0.25) is 0 Å². The minimum Gasteiger partial charge on any atom is -0.234 e. The first kappa shape index (κ1) is 26.3. The number of hydrogen-bond donors (Lipinski definition) is 0. The maximum Gasteiger partial charge on any atom is 0.261 e. The number of unbranched alkanes of at least 4 members (excludes halogenated alkanes) is 7. The zero-order chi connectivity index (χ0) is 24.0. The third kappa shape index (κ3) is 8.15. The van der Waals surface area contributed by atoms with Crippen molar-refractivity contribution in [1.29, 1.82) is 0 Å². The molecule has 3 aromatic rings. The summed E-state index contributed by atoms with van der Waals surface area (Å²) in [6, 6.07) is 22.1. The number of aryl methyl sites for hydroxylation is 1. The molecule has 34 heavy (non-hydrogen) atoms. The van der Waals surface area contributed by atoms with Gasteiger partial charge in [-0.15, -0.1) is 0 Å². The predicted octanol–water partition coefficient (Wildman–Crippen LogP) is 8.26. The Hall–Kier alpha value is -2.35. The van der Waals surface area contributed by atoms with Crippen molar-refractivity contribution in [2.24, 2.45) is 0 Å². The van der Waals surface area contributed by atoms with E-state index in [1.165, 1.54) is 80.4 Å². The van der Waals surface area contributed by atoms with Crippen LogP contribution < -0.4 is 4.57 Å². The number of rotatable bonds is 16. The van der Waals surface area contributed by atoms with Crippen LogP contribution in [0.1, 0.15) is 107 Å². The summed E-state index contributed by atoms with van der Waals surface area (Å²) in [7, 11) is 0. The summed E-state index contributed by atoms with van der Waals surface area (Å²) in [5, 5.41) is 0. The summed E-state index contributed by atoms with van der Waals surface area (Å²) >= 11 is 0. The lowest BCUT2D eigenvalue weighted by molar-refractivity contribution is -0.710. The molecule has 0 amide bonds. The zero-order valence-corrected chi connectivity index (χ0v) is 22.0. The van der Waals surface area contributed by atoms with Crippen molar-refractivity contribution in [1.82, 2.24) is 4.57 Å². The van der Waals surface area contributed by atoms with Crippen molar-refractivity contribution < 1.29 is 4.57 Å². The molecule has 0 N–H and O–H groups in total. The van der Waals surface area contributed by atoms with Gasteiger partial charge in [-0.3, -0.25) is 0 Å². The lowest BCUT2D eigenvalue weighted by Crippen LogP contribution is -2.41. The number of benzene rings is 2. The molecule has 2 aromatic carbocycles. The monoisotopic (exact) mass is 459 g/mol. The molecule has 0 aliphatic carbocycles. The molecule has 0 aliphatic rings. The van der Waals surface area contributed by atoms with Crippen molar-refractivity contribution >= 4 is 0 Å². The molecule has 0 spiro atoms. The van der Waals surface area contributed by atoms with E-state index in [-0.39, 0.29) is 0 Å². The van der Waals surface area contributed by atoms with Crippen molar-refractivity contribution in [3.05, 3.63) is 89.5 Å². The van der Waals surface area contributed by atoms with E-state index in [1.54, 1.807) is 0 Å². The Morgan fingerprint density at radius 2 is 1.35 bits per heavy atom. The molecule has 3 rings (SSSR count). The first-order valence-electron chi connectivity index (χ1n) is 13.9. The third-order valence-corrected chi connectivity index (χ3v) is 7.12. The van der Waals surface area contributed by atoms with Gasteiger partial charge in [0.15, 0.2) is 0 Å². The van der Waals surface area contributed by atoms with Crippen molar-refractivity contribution in [3.8, 4) is 0 Å². The van der Waals surface area contributed by atoms with Crippen LogP contribution in [0.5, 0.6) is 0 Å². The van der Waals surface area contributed by atoms with E-state index in [4.69, 9.17) is 0 Å². The van der Waals surface area contributed by atoms with Gasteiger partial charge in [0.05, 0.1) is 19.5 Å². The molecule has 0 bridgehead atoms. The van der Waals surface area contributed by atoms with E-state index >= 15 is 0 Å². The van der Waals surface area contributed by atoms with Crippen molar-refractivity contribution in [3.63, 3.8) is 0 Å². The van der Waals surface area contributed by atoms with E-state index in [0.717, 1.165) is 25.9 Å². The topological polar surface area (TPSA) is 8.81 Å². The first-order valence-corrected chi connectivity index (χ1v) is 13.9. The van der Waals surface area contributed by atoms with Gasteiger partial charge >= 0.3 is 0 Å². The molecule has 2 heteroatoms. The van der Waals surface area contributed by atoms with E-state index in [9.17, 15) is 0 Å². The van der Waals surface area contributed by atoms with Gasteiger partial charge in [-0.1, -0.05) is 114 Å². The summed E-state index contributed by atoms with van der Waals surface area (Å²) in [6.45, 7) is 9.26. The second-order valence-corrected chi connectivity index (χ2v) is 10.0. The average molecular weight is 460 g/mol. The van der Waals surface area contributed by atoms with Crippen LogP contribution in [0.15, 0.2) is 66.9 Å². The highest BCUT2D eigenvalue weighted by Crippen LogP contribution is 2.21. The Balaban J connectivity index is 1.86. The molecule has 2 nitrogen and oxygen atoms in total. The van der Waals surface area contributed by atoms with Gasteiger partial charge in [-0.2, -0.15) is 0 Å². The zero-order valence-electron chi connectivity index (χ0n) is 22.0. The van der Waals surface area contributed by atoms with Crippen LogP contribution in [0.4, 0.5) is 0 Å². The maximum absolute atomic E-state index is 2.69. The second-order valence-electron chi connectivity index (χ2n) is 10.0. The third-order valence-electron chi connectivity index (χ3n) is 7.12. The molecule has 1 unspecified atom stereocenters. The SMILES string of the molecule is CCCCCCCC[n+]1c(CC(C)c2ccccc2)cn(CCCCC)c1Cc1ccccc1. The fourth-order valence-corrected chi connectivity index (χ4v) is 5.05. The summed E-state index contributed by atoms with van der Waals surface area (Å²) in [5.41, 5.74) is 4.36. The molecule has 0 saturated heterocycles. The Kier molecular flexibility index (Phi) is 11.4. The van der Waals surface area contributed by atoms with Gasteiger partial charge in [0.2, 0.25) is 0 Å². The highest BCUT2D eigenvalue weighted by Gasteiger charge is 2.25. The number of aromatic nitrogens is 2. The highest BCUT2D eigenvalue weighted by atomic mass is 15.2. The first-order chi connectivity index (χ1) is 16.7. The van der Waals surface area contributed by atoms with Crippen LogP contribution in [0, 0.1) is 0 Å². The van der Waals surface area contributed by atoms with Crippen LogP contribution in [-0.2, 0) is 25.9 Å². The van der Waals surface area contributed by atoms with Gasteiger partial charge in [0.25, 0.3) is 5.82 Å². The van der Waals surface area contributed by atoms with Gasteiger partial charge in [-0.25, -0.2) is 9.13 Å². The number of nitrogens with zero attached hydrogens (tertiary/aromatic N) is 2. The van der Waals surface area contributed by atoms with E-state index in [2.05, 4.69) is 96.8 Å². The molecule has 0 radical (unpaired) electrons. The van der Waals surface area contributed by atoms with Crippen molar-refractivity contribution in [2.75, 3.05) is 0 Å². The lowest BCUT2D eigenvalue weighted by Gasteiger charge is -2.12. The standard InChI is InChI=1S/C32H47N2/c1-4-6-8-9-10-18-24-34-31(25-28(3)30-21-15-12-16-22-30)27-33(23-17-7-5-2)32(34)26-29-19-13-11-14-20-29/h11-16,19-22,27-28H,4-10,17-18,23-26H2,1-3H3/q+1. The Bertz CT molecular complexity index is 926. The molecule has 1 aromatic heterocycles. The van der Waals surface area contributed by atoms with E-state index < -0.39 is 0 Å². The Labute approximate surface area is 209 Å². The summed E-state index contributed by atoms with van der Waals surface area (Å²) in [6.07, 6.45) is 16.5. The normalized spacial score (nSPS) is 12.2. The fraction of sp³-hybridized carbons (Fsp3) is 0.531. The molecule has 0 saturated carbocycles. The smallest absolute Gasteiger partial charge is 0.234 e. The Morgan fingerprint density at radius 1 is 0.735 bits per heavy atom. The van der Waals surface area contributed by atoms with Crippen LogP contribution in [0.25, 0.3) is 0 Å². The molecule has 184 valence electrons. The van der Waals surface area contributed by atoms with Gasteiger partial charge < -0.3 is 0 Å². The minimum atomic E-state index is 0.521. The maximum atomic E-state index is 2.69. The quantitative estimate of drug-likeness (QED) is 0.151. The molecule has 0 fully saturated rings.